The molecule has 0 amide bonds. The fourth-order valence-electron chi connectivity index (χ4n) is 8.13. The van der Waals surface area contributed by atoms with Crippen molar-refractivity contribution in [1.82, 2.24) is 15.0 Å². The molecule has 56 heavy (non-hydrogen) atoms. The van der Waals surface area contributed by atoms with Crippen molar-refractivity contribution >= 4 is 35.2 Å². The average molecular weight is 722 g/mol. The molecule has 0 aliphatic carbocycles. The second-order valence-corrected chi connectivity index (χ2v) is 14.6. The van der Waals surface area contributed by atoms with Crippen LogP contribution in [0, 0.1) is 0 Å². The zero-order chi connectivity index (χ0) is 37.3. The van der Waals surface area contributed by atoms with Crippen LogP contribution in [0.1, 0.15) is 39.2 Å². The molecular formula is C51H39N5. The fraction of sp³-hybridized carbons (Fsp3) is 0.0784. The highest BCUT2D eigenvalue weighted by Gasteiger charge is 2.29. The molecule has 0 unspecified atom stereocenters. The molecule has 2 N–H and O–H groups in total. The molecule has 0 atom stereocenters. The lowest BCUT2D eigenvalue weighted by Gasteiger charge is -2.15. The Labute approximate surface area is 326 Å². The number of nitrogens with one attached hydrogen (secondary N) is 2. The number of H-pyrrole nitrogens is 2. The van der Waals surface area contributed by atoms with Crippen molar-refractivity contribution in [2.24, 2.45) is 9.98 Å². The van der Waals surface area contributed by atoms with Gasteiger partial charge in [0.2, 0.25) is 0 Å². The first-order valence-electron chi connectivity index (χ1n) is 19.3. The molecule has 1 aromatic heterocycles. The van der Waals surface area contributed by atoms with Gasteiger partial charge in [0.05, 0.1) is 39.9 Å². The Kier molecular flexibility index (Phi) is 8.73. The van der Waals surface area contributed by atoms with Gasteiger partial charge in [0.15, 0.2) is 0 Å². The Hall–Kier alpha value is -7.11. The lowest BCUT2D eigenvalue weighted by molar-refractivity contribution is 1.10. The second kappa shape index (κ2) is 14.6. The number of hydrogen-bond donors (Lipinski definition) is 2. The minimum absolute atomic E-state index is 0.704. The SMILES string of the molecule is C1=CC2=NC1=Cc1nc(c3ccc[nH]c1-3)C=C1N=C(C(Cc3ccccc3)=C1Cc1ccccc1)C(Cc1ccccc1)=c1[nH]c(cc1Cc1ccccc1)=C2. The van der Waals surface area contributed by atoms with Gasteiger partial charge in [0.25, 0.3) is 0 Å². The van der Waals surface area contributed by atoms with Gasteiger partial charge in [-0.2, -0.15) is 0 Å². The van der Waals surface area contributed by atoms with E-state index >= 15 is 0 Å². The zero-order valence-corrected chi connectivity index (χ0v) is 30.9. The Balaban J connectivity index is 1.30. The number of rotatable bonds is 8. The van der Waals surface area contributed by atoms with Crippen LogP contribution in [0.25, 0.3) is 35.1 Å². The van der Waals surface area contributed by atoms with Crippen LogP contribution < -0.4 is 10.7 Å². The van der Waals surface area contributed by atoms with E-state index in [1.165, 1.54) is 44.5 Å². The number of aromatic nitrogens is 3. The maximum absolute atomic E-state index is 5.75. The number of aromatic amines is 2. The van der Waals surface area contributed by atoms with E-state index < -0.39 is 0 Å². The minimum Gasteiger partial charge on any atom is -0.359 e. The standard InChI is InChI=1S/C51H39N5/c1-5-14-34(15-6-1)26-38-30-41-31-39-23-24-40(53-39)32-48-51-42(22-13-25-52-51)46(55-48)33-47-43(27-35-16-7-2-8-17-35)44(28-36-18-9-3-10-19-36)50(56-47)45(49(38)54-41)29-37-20-11-4-12-21-37/h1-25,30-33,52,54H,26-29H2. The van der Waals surface area contributed by atoms with E-state index in [1.54, 1.807) is 0 Å². The summed E-state index contributed by atoms with van der Waals surface area (Å²) in [7, 11) is 0. The molecule has 268 valence electrons. The monoisotopic (exact) mass is 721 g/mol. The molecule has 0 saturated carbocycles. The molecular weight excluding hydrogens is 683 g/mol. The summed E-state index contributed by atoms with van der Waals surface area (Å²) in [5.74, 6) is 0. The summed E-state index contributed by atoms with van der Waals surface area (Å²) in [6.07, 6.45) is 15.5. The summed E-state index contributed by atoms with van der Waals surface area (Å²) >= 11 is 0. The molecule has 6 heterocycles. The van der Waals surface area contributed by atoms with Gasteiger partial charge in [-0.1, -0.05) is 121 Å². The first-order chi connectivity index (χ1) is 27.7. The molecule has 4 aromatic carbocycles. The van der Waals surface area contributed by atoms with Crippen molar-refractivity contribution in [2.75, 3.05) is 0 Å². The summed E-state index contributed by atoms with van der Waals surface area (Å²) in [6.45, 7) is 0. The fourth-order valence-corrected chi connectivity index (χ4v) is 8.13. The van der Waals surface area contributed by atoms with E-state index in [0.717, 1.165) is 75.4 Å². The van der Waals surface area contributed by atoms with Crippen molar-refractivity contribution in [2.45, 2.75) is 25.7 Å². The van der Waals surface area contributed by atoms with Crippen LogP contribution in [0.3, 0.4) is 0 Å². The quantitative estimate of drug-likeness (QED) is 0.162. The predicted octanol–water partition coefficient (Wildman–Crippen LogP) is 9.25. The molecule has 5 nitrogen and oxygen atoms in total. The minimum atomic E-state index is 0.704. The Morgan fingerprint density at radius 1 is 0.500 bits per heavy atom. The Morgan fingerprint density at radius 2 is 1.11 bits per heavy atom. The number of hydrogen-bond acceptors (Lipinski definition) is 3. The Morgan fingerprint density at radius 3 is 1.77 bits per heavy atom. The van der Waals surface area contributed by atoms with Crippen LogP contribution in [-0.2, 0) is 25.7 Å². The van der Waals surface area contributed by atoms with Crippen LogP contribution in [-0.4, -0.2) is 26.4 Å². The zero-order valence-electron chi connectivity index (χ0n) is 30.9. The first-order valence-corrected chi connectivity index (χ1v) is 19.3. The van der Waals surface area contributed by atoms with Crippen molar-refractivity contribution in [3.63, 3.8) is 0 Å². The molecule has 0 saturated heterocycles. The third kappa shape index (κ3) is 6.76. The lowest BCUT2D eigenvalue weighted by atomic mass is 9.87. The normalized spacial score (nSPS) is 14.8. The van der Waals surface area contributed by atoms with Gasteiger partial charge < -0.3 is 9.97 Å². The van der Waals surface area contributed by atoms with Crippen molar-refractivity contribution < 1.29 is 0 Å². The van der Waals surface area contributed by atoms with E-state index in [1.807, 2.05) is 12.3 Å². The van der Waals surface area contributed by atoms with E-state index in [2.05, 4.69) is 174 Å². The van der Waals surface area contributed by atoms with Gasteiger partial charge in [-0.15, -0.1) is 0 Å². The van der Waals surface area contributed by atoms with Crippen molar-refractivity contribution in [3.8, 4) is 11.3 Å². The van der Waals surface area contributed by atoms with Crippen LogP contribution >= 0.6 is 0 Å². The topological polar surface area (TPSA) is 69.2 Å². The van der Waals surface area contributed by atoms with E-state index in [-0.39, 0.29) is 0 Å². The summed E-state index contributed by atoms with van der Waals surface area (Å²) in [5, 5.41) is 2.11. The third-order valence-electron chi connectivity index (χ3n) is 10.8. The van der Waals surface area contributed by atoms with Gasteiger partial charge >= 0.3 is 0 Å². The van der Waals surface area contributed by atoms with E-state index in [9.17, 15) is 0 Å². The molecule has 8 bridgehead atoms. The van der Waals surface area contributed by atoms with Gasteiger partial charge in [-0.3, -0.25) is 0 Å². The molecule has 5 heteroatoms. The van der Waals surface area contributed by atoms with Crippen LogP contribution in [0.4, 0.5) is 0 Å². The Bertz CT molecular complexity index is 2860. The average Bonchev–Trinajstić information content (AvgIpc) is 4.02. The van der Waals surface area contributed by atoms with Crippen molar-refractivity contribution in [1.29, 1.82) is 0 Å². The van der Waals surface area contributed by atoms with Gasteiger partial charge in [0.1, 0.15) is 0 Å². The summed E-state index contributed by atoms with van der Waals surface area (Å²) in [4.78, 5) is 23.5. The maximum Gasteiger partial charge on any atom is 0.0900 e. The van der Waals surface area contributed by atoms with Gasteiger partial charge in [-0.05, 0) is 107 Å². The van der Waals surface area contributed by atoms with Crippen molar-refractivity contribution in [3.05, 3.63) is 230 Å². The number of benzene rings is 4. The summed E-state index contributed by atoms with van der Waals surface area (Å²) in [6, 6.07) is 49.6. The van der Waals surface area contributed by atoms with E-state index in [0.29, 0.717) is 6.42 Å². The number of nitrogens with zero attached hydrogens (tertiary/aromatic N) is 3. The second-order valence-electron chi connectivity index (χ2n) is 14.6. The third-order valence-corrected chi connectivity index (χ3v) is 10.8. The van der Waals surface area contributed by atoms with E-state index in [4.69, 9.17) is 15.0 Å². The first kappa shape index (κ1) is 33.5. The molecule has 0 spiro atoms. The number of pyridine rings is 1. The smallest absolute Gasteiger partial charge is 0.0900 e. The number of aliphatic imine (C=N–C) groups is 2. The highest BCUT2D eigenvalue weighted by atomic mass is 14.9. The van der Waals surface area contributed by atoms with Crippen LogP contribution in [0.2, 0.25) is 0 Å². The highest BCUT2D eigenvalue weighted by Crippen LogP contribution is 2.38. The number of allylic oxidation sites excluding steroid dienone is 4. The molecule has 10 rings (SSSR count). The molecule has 0 radical (unpaired) electrons. The maximum atomic E-state index is 5.75. The molecule has 0 fully saturated rings. The molecule has 5 aliphatic heterocycles. The molecule has 5 aromatic rings. The van der Waals surface area contributed by atoms with Gasteiger partial charge in [-0.25, -0.2) is 15.0 Å². The lowest BCUT2D eigenvalue weighted by Crippen LogP contribution is -2.23. The highest BCUT2D eigenvalue weighted by molar-refractivity contribution is 6.30. The molecule has 5 aliphatic rings. The summed E-state index contributed by atoms with van der Waals surface area (Å²) < 4.78 is 0. The summed E-state index contributed by atoms with van der Waals surface area (Å²) in [5.41, 5.74) is 17.3. The number of fused-ring (bicyclic) bond motifs is 9. The van der Waals surface area contributed by atoms with Crippen LogP contribution in [0.5, 0.6) is 0 Å². The largest absolute Gasteiger partial charge is 0.359 e. The van der Waals surface area contributed by atoms with Gasteiger partial charge in [0, 0.05) is 34.5 Å². The van der Waals surface area contributed by atoms with Crippen LogP contribution in [0.15, 0.2) is 190 Å². The predicted molar refractivity (Wildman–Crippen MR) is 230 cm³/mol.